The Morgan fingerprint density at radius 1 is 1.20 bits per heavy atom. The molecule has 3 aromatic rings. The van der Waals surface area contributed by atoms with Gasteiger partial charge in [-0.1, -0.05) is 0 Å². The molecule has 2 heterocycles. The summed E-state index contributed by atoms with van der Waals surface area (Å²) < 4.78 is 10.7. The van der Waals surface area contributed by atoms with E-state index in [0.29, 0.717) is 23.9 Å². The average Bonchev–Trinajstić information content (AvgIpc) is 3.26. The fourth-order valence-electron chi connectivity index (χ4n) is 2.29. The molecule has 7 nitrogen and oxygen atoms in total. The van der Waals surface area contributed by atoms with Crippen LogP contribution < -0.4 is 16.0 Å². The zero-order valence-electron chi connectivity index (χ0n) is 14.1. The highest BCUT2D eigenvalue weighted by molar-refractivity contribution is 5.89. The number of furan rings is 1. The Morgan fingerprint density at radius 3 is 2.60 bits per heavy atom. The number of nitrogens with zero attached hydrogens (tertiary/aromatic N) is 1. The lowest BCUT2D eigenvalue weighted by atomic mass is 10.2. The lowest BCUT2D eigenvalue weighted by Gasteiger charge is -2.13. The van der Waals surface area contributed by atoms with Crippen molar-refractivity contribution in [2.75, 3.05) is 10.6 Å². The maximum absolute atomic E-state index is 11.9. The third-order valence-electron chi connectivity index (χ3n) is 3.54. The maximum atomic E-state index is 11.9. The van der Waals surface area contributed by atoms with Crippen LogP contribution in [0.15, 0.2) is 57.7 Å². The van der Waals surface area contributed by atoms with Crippen LogP contribution in [0.1, 0.15) is 30.4 Å². The highest BCUT2D eigenvalue weighted by Crippen LogP contribution is 2.20. The van der Waals surface area contributed by atoms with Crippen molar-refractivity contribution in [3.05, 3.63) is 66.3 Å². The van der Waals surface area contributed by atoms with Gasteiger partial charge in [0, 0.05) is 11.4 Å². The van der Waals surface area contributed by atoms with Gasteiger partial charge in [-0.3, -0.25) is 0 Å². The van der Waals surface area contributed by atoms with Crippen LogP contribution in [-0.4, -0.2) is 11.0 Å². The van der Waals surface area contributed by atoms with E-state index in [9.17, 15) is 4.79 Å². The predicted molar refractivity (Wildman–Crippen MR) is 94.3 cm³/mol. The molecule has 2 amide bonds. The standard InChI is InChI=1S/C18H20N4O3/c1-12-10-19-17(25-12)13(2)21-14-5-7-15(8-6-14)22-18(23)20-11-16-4-3-9-24-16/h3-10,13,21H,11H2,1-2H3,(H2,20,22,23)/t13-/m0/s1. The molecule has 7 heteroatoms. The summed E-state index contributed by atoms with van der Waals surface area (Å²) in [6.45, 7) is 4.17. The minimum atomic E-state index is -0.291. The highest BCUT2D eigenvalue weighted by atomic mass is 16.4. The molecule has 0 saturated heterocycles. The second-order valence-electron chi connectivity index (χ2n) is 5.64. The second-order valence-corrected chi connectivity index (χ2v) is 5.64. The average molecular weight is 340 g/mol. The van der Waals surface area contributed by atoms with E-state index in [1.54, 1.807) is 24.6 Å². The van der Waals surface area contributed by atoms with Crippen molar-refractivity contribution in [3.8, 4) is 0 Å². The summed E-state index contributed by atoms with van der Waals surface area (Å²) in [6.07, 6.45) is 3.27. The summed E-state index contributed by atoms with van der Waals surface area (Å²) >= 11 is 0. The van der Waals surface area contributed by atoms with Crippen LogP contribution in [0.25, 0.3) is 0 Å². The molecule has 130 valence electrons. The summed E-state index contributed by atoms with van der Waals surface area (Å²) in [6, 6.07) is 10.6. The van der Waals surface area contributed by atoms with Gasteiger partial charge in [0.25, 0.3) is 0 Å². The number of benzene rings is 1. The van der Waals surface area contributed by atoms with Crippen LogP contribution >= 0.6 is 0 Å². The van der Waals surface area contributed by atoms with E-state index in [0.717, 1.165) is 11.4 Å². The van der Waals surface area contributed by atoms with Crippen molar-refractivity contribution in [2.24, 2.45) is 0 Å². The predicted octanol–water partition coefficient (Wildman–Crippen LogP) is 4.07. The van der Waals surface area contributed by atoms with Crippen molar-refractivity contribution in [2.45, 2.75) is 26.4 Å². The third kappa shape index (κ3) is 4.63. The number of carbonyl (C=O) groups excluding carboxylic acids is 1. The van der Waals surface area contributed by atoms with E-state index >= 15 is 0 Å². The van der Waals surface area contributed by atoms with Gasteiger partial charge in [-0.05, 0) is 50.2 Å². The van der Waals surface area contributed by atoms with Crippen molar-refractivity contribution >= 4 is 17.4 Å². The van der Waals surface area contributed by atoms with Gasteiger partial charge in [-0.15, -0.1) is 0 Å². The first kappa shape index (κ1) is 16.6. The molecule has 0 unspecified atom stereocenters. The zero-order valence-corrected chi connectivity index (χ0v) is 14.1. The van der Waals surface area contributed by atoms with Crippen molar-refractivity contribution < 1.29 is 13.6 Å². The summed E-state index contributed by atoms with van der Waals surface area (Å²) in [5.74, 6) is 2.12. The molecule has 0 radical (unpaired) electrons. The first-order chi connectivity index (χ1) is 12.1. The molecule has 25 heavy (non-hydrogen) atoms. The molecule has 1 atom stereocenters. The lowest BCUT2D eigenvalue weighted by molar-refractivity contribution is 0.251. The van der Waals surface area contributed by atoms with Gasteiger partial charge < -0.3 is 24.8 Å². The fourth-order valence-corrected chi connectivity index (χ4v) is 2.29. The van der Waals surface area contributed by atoms with Crippen molar-refractivity contribution in [3.63, 3.8) is 0 Å². The molecule has 0 bridgehead atoms. The first-order valence-corrected chi connectivity index (χ1v) is 7.96. The van der Waals surface area contributed by atoms with E-state index in [4.69, 9.17) is 8.83 Å². The number of carbonyl (C=O) groups is 1. The highest BCUT2D eigenvalue weighted by Gasteiger charge is 2.11. The minimum Gasteiger partial charge on any atom is -0.467 e. The Hall–Kier alpha value is -3.22. The number of amides is 2. The maximum Gasteiger partial charge on any atom is 0.319 e. The topological polar surface area (TPSA) is 92.3 Å². The van der Waals surface area contributed by atoms with E-state index in [2.05, 4.69) is 20.9 Å². The zero-order chi connectivity index (χ0) is 17.6. The summed E-state index contributed by atoms with van der Waals surface area (Å²) in [4.78, 5) is 16.1. The molecule has 0 saturated carbocycles. The quantitative estimate of drug-likeness (QED) is 0.629. The Balaban J connectivity index is 1.50. The number of hydrogen-bond acceptors (Lipinski definition) is 5. The number of hydrogen-bond donors (Lipinski definition) is 3. The van der Waals surface area contributed by atoms with Gasteiger partial charge >= 0.3 is 6.03 Å². The molecule has 0 aliphatic rings. The van der Waals surface area contributed by atoms with E-state index < -0.39 is 0 Å². The molecule has 0 spiro atoms. The molecule has 2 aromatic heterocycles. The van der Waals surface area contributed by atoms with Crippen LogP contribution in [0, 0.1) is 6.92 Å². The number of nitrogens with one attached hydrogen (secondary N) is 3. The third-order valence-corrected chi connectivity index (χ3v) is 3.54. The van der Waals surface area contributed by atoms with Crippen molar-refractivity contribution in [1.29, 1.82) is 0 Å². The summed E-state index contributed by atoms with van der Waals surface area (Å²) in [7, 11) is 0. The number of aromatic nitrogens is 1. The molecular weight excluding hydrogens is 320 g/mol. The molecule has 1 aromatic carbocycles. The number of urea groups is 1. The molecule has 3 N–H and O–H groups in total. The van der Waals surface area contributed by atoms with Gasteiger partial charge in [0.05, 0.1) is 19.0 Å². The first-order valence-electron chi connectivity index (χ1n) is 7.96. The molecular formula is C18H20N4O3. The minimum absolute atomic E-state index is 0.0518. The number of anilines is 2. The van der Waals surface area contributed by atoms with E-state index in [1.165, 1.54) is 0 Å². The Bertz CT molecular complexity index is 809. The second kappa shape index (κ2) is 7.57. The smallest absolute Gasteiger partial charge is 0.319 e. The van der Waals surface area contributed by atoms with Crippen LogP contribution in [0.4, 0.5) is 16.2 Å². The molecule has 0 aliphatic heterocycles. The van der Waals surface area contributed by atoms with Crippen molar-refractivity contribution in [1.82, 2.24) is 10.3 Å². The largest absolute Gasteiger partial charge is 0.467 e. The summed E-state index contributed by atoms with van der Waals surface area (Å²) in [5, 5.41) is 8.79. The lowest BCUT2D eigenvalue weighted by Crippen LogP contribution is -2.27. The number of aryl methyl sites for hydroxylation is 1. The van der Waals surface area contributed by atoms with Crippen LogP contribution in [0.5, 0.6) is 0 Å². The molecule has 0 fully saturated rings. The Labute approximate surface area is 145 Å². The molecule has 0 aliphatic carbocycles. The summed E-state index contributed by atoms with van der Waals surface area (Å²) in [5.41, 5.74) is 1.60. The van der Waals surface area contributed by atoms with Gasteiger partial charge in [-0.25, -0.2) is 9.78 Å². The Morgan fingerprint density at radius 2 is 1.96 bits per heavy atom. The normalized spacial score (nSPS) is 11.8. The SMILES string of the molecule is Cc1cnc([C@H](C)Nc2ccc(NC(=O)NCc3ccco3)cc2)o1. The Kier molecular flexibility index (Phi) is 5.03. The van der Waals surface area contributed by atoms with Crippen LogP contribution in [0.3, 0.4) is 0 Å². The number of oxazole rings is 1. The van der Waals surface area contributed by atoms with Gasteiger partial charge in [0.2, 0.25) is 5.89 Å². The van der Waals surface area contributed by atoms with E-state index in [-0.39, 0.29) is 12.1 Å². The fraction of sp³-hybridized carbons (Fsp3) is 0.222. The van der Waals surface area contributed by atoms with Gasteiger partial charge in [-0.2, -0.15) is 0 Å². The van der Waals surface area contributed by atoms with Gasteiger partial charge in [0.1, 0.15) is 17.6 Å². The van der Waals surface area contributed by atoms with Crippen LogP contribution in [0.2, 0.25) is 0 Å². The van der Waals surface area contributed by atoms with E-state index in [1.807, 2.05) is 38.1 Å². The molecule has 3 rings (SSSR count). The van der Waals surface area contributed by atoms with Crippen LogP contribution in [-0.2, 0) is 6.54 Å². The number of rotatable bonds is 6. The monoisotopic (exact) mass is 340 g/mol. The van der Waals surface area contributed by atoms with Gasteiger partial charge in [0.15, 0.2) is 0 Å².